The quantitative estimate of drug-likeness (QED) is 0.693. The number of hydrogen-bond acceptors (Lipinski definition) is 3. The molecule has 0 unspecified atom stereocenters. The van der Waals surface area contributed by atoms with Gasteiger partial charge in [0.15, 0.2) is 6.29 Å². The van der Waals surface area contributed by atoms with Crippen molar-refractivity contribution in [2.24, 2.45) is 5.92 Å². The Labute approximate surface area is 83.5 Å². The Morgan fingerprint density at radius 1 is 1.43 bits per heavy atom. The smallest absolute Gasteiger partial charge is 0.171 e. The number of aldehydes is 1. The van der Waals surface area contributed by atoms with Gasteiger partial charge >= 0.3 is 0 Å². The maximum Gasteiger partial charge on any atom is 0.171 e. The van der Waals surface area contributed by atoms with Gasteiger partial charge in [-0.1, -0.05) is 37.3 Å². The molecular formula is C11H15NO2. The van der Waals surface area contributed by atoms with Gasteiger partial charge in [0.2, 0.25) is 0 Å². The predicted molar refractivity (Wildman–Crippen MR) is 52.2 cm³/mol. The zero-order chi connectivity index (χ0) is 9.80. The predicted octanol–water partition coefficient (Wildman–Crippen LogP) is 2.61. The molecule has 0 saturated heterocycles. The van der Waals surface area contributed by atoms with Crippen LogP contribution in [0, 0.1) is 5.92 Å². The molecule has 0 aromatic carbocycles. The van der Waals surface area contributed by atoms with E-state index in [0.29, 0.717) is 5.69 Å². The highest BCUT2D eigenvalue weighted by atomic mass is 16.5. The molecule has 1 heterocycles. The molecule has 0 bridgehead atoms. The molecule has 1 saturated carbocycles. The Balaban J connectivity index is 1.92. The summed E-state index contributed by atoms with van der Waals surface area (Å²) in [4.78, 5) is 10.4. The van der Waals surface area contributed by atoms with Crippen molar-refractivity contribution in [3.8, 4) is 0 Å². The Bertz CT molecular complexity index is 300. The van der Waals surface area contributed by atoms with Gasteiger partial charge in [-0.05, 0) is 5.92 Å². The third-order valence-electron chi connectivity index (χ3n) is 2.91. The summed E-state index contributed by atoms with van der Waals surface area (Å²) in [5.41, 5.74) is 0.413. The van der Waals surface area contributed by atoms with Gasteiger partial charge in [-0.15, -0.1) is 0 Å². The minimum Gasteiger partial charge on any atom is -0.361 e. The van der Waals surface area contributed by atoms with Gasteiger partial charge in [0.1, 0.15) is 11.5 Å². The number of carbonyl (C=O) groups excluding carboxylic acids is 1. The van der Waals surface area contributed by atoms with E-state index in [9.17, 15) is 4.79 Å². The molecule has 2 rings (SSSR count). The molecule has 0 radical (unpaired) electrons. The summed E-state index contributed by atoms with van der Waals surface area (Å²) < 4.78 is 5.08. The van der Waals surface area contributed by atoms with Gasteiger partial charge in [0.05, 0.1) is 0 Å². The van der Waals surface area contributed by atoms with Crippen molar-refractivity contribution in [3.63, 3.8) is 0 Å². The lowest BCUT2D eigenvalue weighted by Crippen LogP contribution is -2.08. The van der Waals surface area contributed by atoms with E-state index in [4.69, 9.17) is 4.52 Å². The lowest BCUT2D eigenvalue weighted by Gasteiger charge is -2.19. The number of rotatable bonds is 3. The number of hydrogen-bond donors (Lipinski definition) is 0. The molecule has 0 atom stereocenters. The molecular weight excluding hydrogens is 178 g/mol. The second-order valence-electron chi connectivity index (χ2n) is 4.04. The van der Waals surface area contributed by atoms with Gasteiger partial charge in [-0.3, -0.25) is 4.79 Å². The third kappa shape index (κ3) is 2.22. The summed E-state index contributed by atoms with van der Waals surface area (Å²) in [5.74, 6) is 1.59. The van der Waals surface area contributed by atoms with Gasteiger partial charge in [0.25, 0.3) is 0 Å². The summed E-state index contributed by atoms with van der Waals surface area (Å²) in [7, 11) is 0. The fourth-order valence-electron chi connectivity index (χ4n) is 2.16. The van der Waals surface area contributed by atoms with Crippen molar-refractivity contribution in [2.45, 2.75) is 38.5 Å². The summed E-state index contributed by atoms with van der Waals surface area (Å²) in [6, 6.07) is 1.75. The Kier molecular flexibility index (Phi) is 2.96. The summed E-state index contributed by atoms with van der Waals surface area (Å²) in [5, 5.41) is 3.66. The topological polar surface area (TPSA) is 43.1 Å². The first-order valence-electron chi connectivity index (χ1n) is 5.29. The van der Waals surface area contributed by atoms with Crippen molar-refractivity contribution < 1.29 is 9.32 Å². The van der Waals surface area contributed by atoms with E-state index in [-0.39, 0.29) is 0 Å². The summed E-state index contributed by atoms with van der Waals surface area (Å²) in [6.45, 7) is 0. The fourth-order valence-corrected chi connectivity index (χ4v) is 2.16. The first kappa shape index (κ1) is 9.44. The molecule has 3 heteroatoms. The van der Waals surface area contributed by atoms with Crippen molar-refractivity contribution in [2.75, 3.05) is 0 Å². The van der Waals surface area contributed by atoms with Crippen LogP contribution in [0.2, 0.25) is 0 Å². The summed E-state index contributed by atoms with van der Waals surface area (Å²) >= 11 is 0. The van der Waals surface area contributed by atoms with Crippen LogP contribution in [-0.2, 0) is 6.42 Å². The monoisotopic (exact) mass is 193 g/mol. The van der Waals surface area contributed by atoms with Crippen LogP contribution >= 0.6 is 0 Å². The van der Waals surface area contributed by atoms with E-state index in [0.717, 1.165) is 24.4 Å². The highest BCUT2D eigenvalue weighted by Crippen LogP contribution is 2.26. The Hall–Kier alpha value is -1.12. The number of carbonyl (C=O) groups is 1. The standard InChI is InChI=1S/C11H15NO2/c13-8-10-7-11(14-12-10)6-9-4-2-1-3-5-9/h7-9H,1-6H2. The van der Waals surface area contributed by atoms with E-state index in [1.54, 1.807) is 6.07 Å². The maximum atomic E-state index is 10.4. The molecule has 1 aromatic heterocycles. The molecule has 0 spiro atoms. The molecule has 1 fully saturated rings. The summed E-state index contributed by atoms with van der Waals surface area (Å²) in [6.07, 6.45) is 8.29. The van der Waals surface area contributed by atoms with Crippen LogP contribution in [0.3, 0.4) is 0 Å². The van der Waals surface area contributed by atoms with E-state index < -0.39 is 0 Å². The number of nitrogens with zero attached hydrogens (tertiary/aromatic N) is 1. The Morgan fingerprint density at radius 2 is 2.21 bits per heavy atom. The highest BCUT2D eigenvalue weighted by molar-refractivity contribution is 5.71. The molecule has 0 amide bonds. The van der Waals surface area contributed by atoms with Crippen molar-refractivity contribution >= 4 is 6.29 Å². The van der Waals surface area contributed by atoms with E-state index >= 15 is 0 Å². The average Bonchev–Trinajstić information content (AvgIpc) is 2.67. The first-order chi connectivity index (χ1) is 6.88. The minimum absolute atomic E-state index is 0.413. The van der Waals surface area contributed by atoms with Gasteiger partial charge in [0, 0.05) is 12.5 Å². The Morgan fingerprint density at radius 3 is 2.86 bits per heavy atom. The van der Waals surface area contributed by atoms with Gasteiger partial charge in [-0.2, -0.15) is 0 Å². The van der Waals surface area contributed by atoms with E-state index in [2.05, 4.69) is 5.16 Å². The van der Waals surface area contributed by atoms with Crippen molar-refractivity contribution in [1.29, 1.82) is 0 Å². The maximum absolute atomic E-state index is 10.4. The zero-order valence-corrected chi connectivity index (χ0v) is 8.24. The molecule has 3 nitrogen and oxygen atoms in total. The molecule has 1 aromatic rings. The first-order valence-corrected chi connectivity index (χ1v) is 5.29. The molecule has 0 aliphatic heterocycles. The number of aromatic nitrogens is 1. The van der Waals surface area contributed by atoms with Crippen LogP contribution in [-0.4, -0.2) is 11.4 Å². The van der Waals surface area contributed by atoms with Crippen molar-refractivity contribution in [3.05, 3.63) is 17.5 Å². The largest absolute Gasteiger partial charge is 0.361 e. The molecule has 76 valence electrons. The average molecular weight is 193 g/mol. The van der Waals surface area contributed by atoms with Crippen LogP contribution < -0.4 is 0 Å². The highest BCUT2D eigenvalue weighted by Gasteiger charge is 2.16. The minimum atomic E-state index is 0.413. The van der Waals surface area contributed by atoms with E-state index in [1.165, 1.54) is 32.1 Å². The fraction of sp³-hybridized carbons (Fsp3) is 0.636. The molecule has 14 heavy (non-hydrogen) atoms. The lowest BCUT2D eigenvalue weighted by atomic mass is 9.86. The van der Waals surface area contributed by atoms with Gasteiger partial charge < -0.3 is 4.52 Å². The van der Waals surface area contributed by atoms with Crippen LogP contribution in [0.25, 0.3) is 0 Å². The second-order valence-corrected chi connectivity index (χ2v) is 4.04. The molecule has 1 aliphatic rings. The third-order valence-corrected chi connectivity index (χ3v) is 2.91. The normalized spacial score (nSPS) is 18.3. The second kappa shape index (κ2) is 4.40. The lowest BCUT2D eigenvalue weighted by molar-refractivity contribution is 0.111. The van der Waals surface area contributed by atoms with Crippen LogP contribution in [0.1, 0.15) is 48.4 Å². The molecule has 0 N–H and O–H groups in total. The van der Waals surface area contributed by atoms with Crippen LogP contribution in [0.15, 0.2) is 10.6 Å². The zero-order valence-electron chi connectivity index (χ0n) is 8.24. The van der Waals surface area contributed by atoms with Crippen molar-refractivity contribution in [1.82, 2.24) is 5.16 Å². The van der Waals surface area contributed by atoms with Crippen LogP contribution in [0.5, 0.6) is 0 Å². The van der Waals surface area contributed by atoms with Crippen LogP contribution in [0.4, 0.5) is 0 Å². The molecule has 1 aliphatic carbocycles. The van der Waals surface area contributed by atoms with E-state index in [1.807, 2.05) is 0 Å². The SMILES string of the molecule is O=Cc1cc(CC2CCCCC2)on1. The van der Waals surface area contributed by atoms with Gasteiger partial charge in [-0.25, -0.2) is 0 Å².